The van der Waals surface area contributed by atoms with Gasteiger partial charge in [0.2, 0.25) is 5.89 Å². The van der Waals surface area contributed by atoms with E-state index in [0.717, 1.165) is 5.56 Å². The van der Waals surface area contributed by atoms with Crippen molar-refractivity contribution in [1.82, 2.24) is 15.5 Å². The molecule has 1 aliphatic heterocycles. The van der Waals surface area contributed by atoms with Gasteiger partial charge < -0.3 is 14.9 Å². The summed E-state index contributed by atoms with van der Waals surface area (Å²) in [5.41, 5.74) is 1.08. The van der Waals surface area contributed by atoms with E-state index < -0.39 is 0 Å². The van der Waals surface area contributed by atoms with E-state index in [-0.39, 0.29) is 12.1 Å². The minimum absolute atomic E-state index is 0.0403. The van der Waals surface area contributed by atoms with Crippen LogP contribution in [0.25, 0.3) is 0 Å². The third-order valence-corrected chi connectivity index (χ3v) is 3.42. The minimum atomic E-state index is -0.336. The van der Waals surface area contributed by atoms with Crippen LogP contribution in [0.3, 0.4) is 0 Å². The van der Waals surface area contributed by atoms with Crippen LogP contribution in [0.4, 0.5) is 0 Å². The van der Waals surface area contributed by atoms with Gasteiger partial charge in [-0.05, 0) is 24.1 Å². The van der Waals surface area contributed by atoms with Crippen molar-refractivity contribution in [2.24, 2.45) is 0 Å². The maximum atomic E-state index is 9.46. The molecule has 0 saturated carbocycles. The Balaban J connectivity index is 1.69. The van der Waals surface area contributed by atoms with Crippen LogP contribution >= 0.6 is 11.6 Å². The quantitative estimate of drug-likeness (QED) is 0.895. The van der Waals surface area contributed by atoms with Gasteiger partial charge in [-0.3, -0.25) is 0 Å². The third kappa shape index (κ3) is 2.94. The van der Waals surface area contributed by atoms with Gasteiger partial charge >= 0.3 is 0 Å². The zero-order valence-corrected chi connectivity index (χ0v) is 11.0. The summed E-state index contributed by atoms with van der Waals surface area (Å²) in [5.74, 6) is 1.18. The van der Waals surface area contributed by atoms with Gasteiger partial charge in [-0.1, -0.05) is 28.9 Å². The number of hydrogen-bond acceptors (Lipinski definition) is 5. The van der Waals surface area contributed by atoms with Gasteiger partial charge in [0.15, 0.2) is 5.82 Å². The van der Waals surface area contributed by atoms with E-state index in [2.05, 4.69) is 15.5 Å². The Labute approximate surface area is 115 Å². The fraction of sp³-hybridized carbons (Fsp3) is 0.385. The van der Waals surface area contributed by atoms with Crippen molar-refractivity contribution in [2.45, 2.75) is 25.0 Å². The molecule has 1 aliphatic rings. The van der Waals surface area contributed by atoms with Crippen LogP contribution < -0.4 is 5.32 Å². The van der Waals surface area contributed by atoms with Gasteiger partial charge in [0.05, 0.1) is 12.1 Å². The molecule has 0 amide bonds. The van der Waals surface area contributed by atoms with Gasteiger partial charge in [0.1, 0.15) is 0 Å². The van der Waals surface area contributed by atoms with Gasteiger partial charge in [-0.2, -0.15) is 4.98 Å². The van der Waals surface area contributed by atoms with E-state index in [4.69, 9.17) is 16.1 Å². The second-order valence-electron chi connectivity index (χ2n) is 4.70. The molecule has 100 valence electrons. The van der Waals surface area contributed by atoms with Crippen LogP contribution in [-0.2, 0) is 6.42 Å². The predicted molar refractivity (Wildman–Crippen MR) is 69.9 cm³/mol. The molecule has 0 radical (unpaired) electrons. The van der Waals surface area contributed by atoms with Crippen LogP contribution in [0.15, 0.2) is 28.8 Å². The highest BCUT2D eigenvalue weighted by Crippen LogP contribution is 2.22. The highest BCUT2D eigenvalue weighted by molar-refractivity contribution is 6.30. The smallest absolute Gasteiger partial charge is 0.243 e. The fourth-order valence-electron chi connectivity index (χ4n) is 2.17. The lowest BCUT2D eigenvalue weighted by Gasteiger charge is -2.01. The molecule has 1 aromatic carbocycles. The highest BCUT2D eigenvalue weighted by atomic mass is 35.5. The molecule has 1 saturated heterocycles. The van der Waals surface area contributed by atoms with Crippen molar-refractivity contribution >= 4 is 11.6 Å². The molecule has 0 spiro atoms. The number of halogens is 1. The molecule has 1 aromatic heterocycles. The van der Waals surface area contributed by atoms with Crippen molar-refractivity contribution in [3.63, 3.8) is 0 Å². The topological polar surface area (TPSA) is 71.2 Å². The highest BCUT2D eigenvalue weighted by Gasteiger charge is 2.27. The van der Waals surface area contributed by atoms with Gasteiger partial charge in [0, 0.05) is 18.0 Å². The Morgan fingerprint density at radius 3 is 2.84 bits per heavy atom. The Bertz CT molecular complexity index is 555. The molecule has 0 unspecified atom stereocenters. The third-order valence-electron chi connectivity index (χ3n) is 3.17. The largest absolute Gasteiger partial charge is 0.392 e. The molecule has 3 rings (SSSR count). The number of aromatic nitrogens is 2. The molecular formula is C13H14ClN3O2. The standard InChI is InChI=1S/C13H14ClN3O2/c14-9-3-1-8(2-4-9)5-12-16-13(19-17-12)11-6-10(18)7-15-11/h1-4,10-11,15,18H,5-7H2/t10-,11+/m0/s1. The fourth-order valence-corrected chi connectivity index (χ4v) is 2.30. The number of β-amino-alcohol motifs (C(OH)–C–C–N with tert-alkyl or cyclic N) is 1. The number of nitrogens with zero attached hydrogens (tertiary/aromatic N) is 2. The van der Waals surface area contributed by atoms with Crippen LogP contribution in [0, 0.1) is 0 Å². The lowest BCUT2D eigenvalue weighted by molar-refractivity contribution is 0.191. The number of rotatable bonds is 3. The van der Waals surface area contributed by atoms with Crippen molar-refractivity contribution in [1.29, 1.82) is 0 Å². The average molecular weight is 280 g/mol. The molecule has 1 fully saturated rings. The minimum Gasteiger partial charge on any atom is -0.392 e. The number of aliphatic hydroxyl groups is 1. The number of benzene rings is 1. The van der Waals surface area contributed by atoms with Crippen molar-refractivity contribution in [3.05, 3.63) is 46.6 Å². The summed E-state index contributed by atoms with van der Waals surface area (Å²) < 4.78 is 5.23. The second-order valence-corrected chi connectivity index (χ2v) is 5.14. The van der Waals surface area contributed by atoms with Gasteiger partial charge in [-0.25, -0.2) is 0 Å². The number of nitrogens with one attached hydrogen (secondary N) is 1. The average Bonchev–Trinajstić information content (AvgIpc) is 3.01. The molecule has 19 heavy (non-hydrogen) atoms. The summed E-state index contributed by atoms with van der Waals surface area (Å²) in [6, 6.07) is 7.52. The summed E-state index contributed by atoms with van der Waals surface area (Å²) in [6.45, 7) is 0.569. The van der Waals surface area contributed by atoms with E-state index >= 15 is 0 Å². The lowest BCUT2D eigenvalue weighted by Crippen LogP contribution is -2.15. The first-order chi connectivity index (χ1) is 9.20. The lowest BCUT2D eigenvalue weighted by atomic mass is 10.1. The number of hydrogen-bond donors (Lipinski definition) is 2. The van der Waals surface area contributed by atoms with E-state index in [0.29, 0.717) is 36.1 Å². The Kier molecular flexibility index (Phi) is 3.50. The summed E-state index contributed by atoms with van der Waals surface area (Å²) in [6.07, 6.45) is 0.884. The Morgan fingerprint density at radius 1 is 1.37 bits per heavy atom. The van der Waals surface area contributed by atoms with E-state index in [1.165, 1.54) is 0 Å². The first kappa shape index (κ1) is 12.6. The first-order valence-electron chi connectivity index (χ1n) is 6.19. The molecule has 2 aromatic rings. The maximum absolute atomic E-state index is 9.46. The normalized spacial score (nSPS) is 22.8. The summed E-state index contributed by atoms with van der Waals surface area (Å²) in [7, 11) is 0. The molecular weight excluding hydrogens is 266 g/mol. The Morgan fingerprint density at radius 2 is 2.16 bits per heavy atom. The van der Waals surface area contributed by atoms with Crippen LogP contribution in [0.1, 0.15) is 29.7 Å². The van der Waals surface area contributed by atoms with Crippen molar-refractivity contribution < 1.29 is 9.63 Å². The van der Waals surface area contributed by atoms with Crippen molar-refractivity contribution in [3.8, 4) is 0 Å². The number of aliphatic hydroxyl groups excluding tert-OH is 1. The summed E-state index contributed by atoms with van der Waals surface area (Å²) in [4.78, 5) is 4.36. The van der Waals surface area contributed by atoms with Crippen molar-refractivity contribution in [2.75, 3.05) is 6.54 Å². The van der Waals surface area contributed by atoms with E-state index in [1.54, 1.807) is 0 Å². The summed E-state index contributed by atoms with van der Waals surface area (Å²) >= 11 is 5.84. The molecule has 0 aliphatic carbocycles. The molecule has 2 atom stereocenters. The Hall–Kier alpha value is -1.43. The van der Waals surface area contributed by atoms with Crippen LogP contribution in [0.2, 0.25) is 5.02 Å². The zero-order chi connectivity index (χ0) is 13.2. The predicted octanol–water partition coefficient (Wildman–Crippen LogP) is 1.71. The maximum Gasteiger partial charge on any atom is 0.243 e. The zero-order valence-electron chi connectivity index (χ0n) is 10.2. The molecule has 2 N–H and O–H groups in total. The molecule has 6 heteroatoms. The monoisotopic (exact) mass is 279 g/mol. The van der Waals surface area contributed by atoms with Crippen LogP contribution in [-0.4, -0.2) is 27.9 Å². The second kappa shape index (κ2) is 5.28. The van der Waals surface area contributed by atoms with Gasteiger partial charge in [-0.15, -0.1) is 0 Å². The molecule has 2 heterocycles. The SMILES string of the molecule is O[C@@H]1CN[C@@H](c2nc(Cc3ccc(Cl)cc3)no2)C1. The first-order valence-corrected chi connectivity index (χ1v) is 6.57. The van der Waals surface area contributed by atoms with E-state index in [9.17, 15) is 5.11 Å². The van der Waals surface area contributed by atoms with Crippen LogP contribution in [0.5, 0.6) is 0 Å². The van der Waals surface area contributed by atoms with E-state index in [1.807, 2.05) is 24.3 Å². The van der Waals surface area contributed by atoms with Gasteiger partial charge in [0.25, 0.3) is 0 Å². The molecule has 5 nitrogen and oxygen atoms in total. The summed E-state index contributed by atoms with van der Waals surface area (Å²) in [5, 5.41) is 17.3. The molecule has 0 bridgehead atoms.